The first-order valence-corrected chi connectivity index (χ1v) is 17.2. The molecule has 50 heavy (non-hydrogen) atoms. The van der Waals surface area contributed by atoms with Crippen molar-refractivity contribution in [1.29, 1.82) is 0 Å². The van der Waals surface area contributed by atoms with Gasteiger partial charge < -0.3 is 4.90 Å². The second-order valence-electron chi connectivity index (χ2n) is 13.1. The number of rotatable bonds is 3. The maximum atomic E-state index is 5.33. The van der Waals surface area contributed by atoms with E-state index in [0.29, 0.717) is 0 Å². The number of aromatic nitrogens is 2. The van der Waals surface area contributed by atoms with Crippen LogP contribution in [0.2, 0.25) is 0 Å². The molecule has 0 radical (unpaired) electrons. The molecule has 1 aliphatic rings. The number of fused-ring (bicyclic) bond motifs is 6. The van der Waals surface area contributed by atoms with Crippen LogP contribution in [0.15, 0.2) is 176 Å². The van der Waals surface area contributed by atoms with Gasteiger partial charge in [-0.25, -0.2) is 4.98 Å². The van der Waals surface area contributed by atoms with E-state index in [4.69, 9.17) is 4.98 Å². The average Bonchev–Trinajstić information content (AvgIpc) is 3.58. The lowest BCUT2D eigenvalue weighted by Gasteiger charge is -2.35. The van der Waals surface area contributed by atoms with Crippen LogP contribution in [-0.2, 0) is 0 Å². The van der Waals surface area contributed by atoms with Gasteiger partial charge in [-0.1, -0.05) is 146 Å². The predicted octanol–water partition coefficient (Wildman–Crippen LogP) is 12.8. The Kier molecular flexibility index (Phi) is 5.67. The summed E-state index contributed by atoms with van der Waals surface area (Å²) in [5.74, 6) is 0.950. The van der Waals surface area contributed by atoms with Crippen LogP contribution >= 0.6 is 0 Å². The molecule has 0 N–H and O–H groups in total. The van der Waals surface area contributed by atoms with Crippen molar-refractivity contribution < 1.29 is 0 Å². The van der Waals surface area contributed by atoms with Crippen LogP contribution in [0, 0.1) is 0 Å². The van der Waals surface area contributed by atoms with E-state index in [0.717, 1.165) is 39.5 Å². The van der Waals surface area contributed by atoms with Crippen molar-refractivity contribution in [3.63, 3.8) is 0 Å². The first-order valence-electron chi connectivity index (χ1n) is 17.2. The Bertz CT molecular complexity index is 2940. The number of benzene rings is 9. The summed E-state index contributed by atoms with van der Waals surface area (Å²) in [6.07, 6.45) is 0. The molecule has 0 spiro atoms. The minimum absolute atomic E-state index is 0.950. The molecule has 0 unspecified atom stereocenters. The van der Waals surface area contributed by atoms with Gasteiger partial charge in [-0.15, -0.1) is 0 Å². The molecule has 2 heterocycles. The number of nitrogens with zero attached hydrogens (tertiary/aromatic N) is 3. The van der Waals surface area contributed by atoms with E-state index < -0.39 is 0 Å². The maximum Gasteiger partial charge on any atom is 0.145 e. The Labute approximate surface area is 288 Å². The zero-order valence-corrected chi connectivity index (χ0v) is 27.1. The van der Waals surface area contributed by atoms with Crippen molar-refractivity contribution in [3.05, 3.63) is 176 Å². The van der Waals surface area contributed by atoms with Crippen molar-refractivity contribution in [2.24, 2.45) is 0 Å². The summed E-state index contributed by atoms with van der Waals surface area (Å²) in [5.41, 5.74) is 10.2. The smallest absolute Gasteiger partial charge is 0.145 e. The van der Waals surface area contributed by atoms with E-state index in [1.54, 1.807) is 0 Å². The summed E-state index contributed by atoms with van der Waals surface area (Å²) in [4.78, 5) is 7.82. The molecule has 1 aliphatic heterocycles. The fourth-order valence-electron chi connectivity index (χ4n) is 8.34. The maximum absolute atomic E-state index is 5.33. The van der Waals surface area contributed by atoms with Gasteiger partial charge in [0.15, 0.2) is 0 Å². The van der Waals surface area contributed by atoms with Crippen molar-refractivity contribution in [3.8, 4) is 28.2 Å². The topological polar surface area (TPSA) is 21.1 Å². The van der Waals surface area contributed by atoms with Crippen LogP contribution in [0.1, 0.15) is 0 Å². The molecular formula is C47H29N3. The van der Waals surface area contributed by atoms with Crippen LogP contribution in [0.3, 0.4) is 0 Å². The highest BCUT2D eigenvalue weighted by Crippen LogP contribution is 2.53. The molecule has 0 amide bonds. The Morgan fingerprint density at radius 2 is 0.980 bits per heavy atom. The van der Waals surface area contributed by atoms with E-state index in [2.05, 4.69) is 185 Å². The van der Waals surface area contributed by atoms with Crippen molar-refractivity contribution in [2.45, 2.75) is 0 Å². The van der Waals surface area contributed by atoms with Gasteiger partial charge in [0.1, 0.15) is 5.82 Å². The fraction of sp³-hybridized carbons (Fsp3) is 0. The van der Waals surface area contributed by atoms with Crippen LogP contribution in [0.25, 0.3) is 82.3 Å². The van der Waals surface area contributed by atoms with E-state index >= 15 is 0 Å². The summed E-state index contributed by atoms with van der Waals surface area (Å²) < 4.78 is 2.37. The third-order valence-electron chi connectivity index (χ3n) is 10.5. The zero-order valence-electron chi connectivity index (χ0n) is 27.1. The largest absolute Gasteiger partial charge is 0.305 e. The highest BCUT2D eigenvalue weighted by atomic mass is 15.2. The van der Waals surface area contributed by atoms with Gasteiger partial charge in [-0.2, -0.15) is 0 Å². The number of para-hydroxylation sites is 3. The summed E-state index contributed by atoms with van der Waals surface area (Å²) in [5, 5.41) is 9.83. The third kappa shape index (κ3) is 3.77. The molecule has 0 atom stereocenters. The van der Waals surface area contributed by atoms with Crippen LogP contribution in [0.4, 0.5) is 17.1 Å². The van der Waals surface area contributed by atoms with Crippen molar-refractivity contribution >= 4 is 71.2 Å². The highest BCUT2D eigenvalue weighted by Gasteiger charge is 2.31. The fourth-order valence-corrected chi connectivity index (χ4v) is 8.34. The molecule has 9 aromatic carbocycles. The molecule has 3 nitrogen and oxygen atoms in total. The minimum atomic E-state index is 0.950. The summed E-state index contributed by atoms with van der Waals surface area (Å²) in [7, 11) is 0. The average molecular weight is 636 g/mol. The van der Waals surface area contributed by atoms with Gasteiger partial charge in [0.2, 0.25) is 0 Å². The SMILES string of the molecule is c1ccc2c(c1)N(c1c3ccccc3c(-c3cccc4ccccc34)c3ccccc13)c1cccc3nc(-c4ccc5ccccc5c4)n-2c13. The number of hydrogen-bond donors (Lipinski definition) is 0. The monoisotopic (exact) mass is 635 g/mol. The van der Waals surface area contributed by atoms with E-state index in [1.807, 2.05) is 0 Å². The van der Waals surface area contributed by atoms with Crippen LogP contribution in [-0.4, -0.2) is 9.55 Å². The Hall–Kier alpha value is -6.71. The predicted molar refractivity (Wildman–Crippen MR) is 210 cm³/mol. The van der Waals surface area contributed by atoms with Gasteiger partial charge in [0.05, 0.1) is 33.8 Å². The van der Waals surface area contributed by atoms with Gasteiger partial charge in [-0.05, 0) is 73.8 Å². The van der Waals surface area contributed by atoms with Crippen LogP contribution in [0.5, 0.6) is 0 Å². The van der Waals surface area contributed by atoms with Gasteiger partial charge in [-0.3, -0.25) is 4.57 Å². The Morgan fingerprint density at radius 3 is 1.76 bits per heavy atom. The molecule has 0 bridgehead atoms. The zero-order chi connectivity index (χ0) is 32.8. The molecule has 3 heteroatoms. The van der Waals surface area contributed by atoms with E-state index in [-0.39, 0.29) is 0 Å². The lowest BCUT2D eigenvalue weighted by atomic mass is 9.87. The summed E-state index contributed by atoms with van der Waals surface area (Å²) in [6.45, 7) is 0. The van der Waals surface area contributed by atoms with E-state index in [9.17, 15) is 0 Å². The quantitative estimate of drug-likeness (QED) is 0.180. The normalized spacial score (nSPS) is 12.4. The molecule has 0 saturated carbocycles. The summed E-state index contributed by atoms with van der Waals surface area (Å²) >= 11 is 0. The first-order chi connectivity index (χ1) is 24.8. The molecule has 0 saturated heterocycles. The second kappa shape index (κ2) is 10.4. The van der Waals surface area contributed by atoms with Crippen molar-refractivity contribution in [1.82, 2.24) is 9.55 Å². The Morgan fingerprint density at radius 1 is 0.400 bits per heavy atom. The highest BCUT2D eigenvalue weighted by molar-refractivity contribution is 6.25. The standard InChI is InChI=1S/C47H29N3/c1-2-15-32-29-33(28-27-30(32)13-1)47-48-40-23-12-26-43-46(40)50(47)42-25-10-9-24-41(42)49(43)45-38-20-7-5-18-36(38)44(37-19-6-8-21-39(37)45)35-22-11-16-31-14-3-4-17-34(31)35/h1-29H. The van der Waals surface area contributed by atoms with Gasteiger partial charge in [0.25, 0.3) is 0 Å². The summed E-state index contributed by atoms with van der Waals surface area (Å²) in [6, 6.07) is 63.8. The molecule has 232 valence electrons. The number of imidazole rings is 1. The molecular weight excluding hydrogens is 607 g/mol. The Balaban J connectivity index is 1.25. The number of anilines is 3. The lowest BCUT2D eigenvalue weighted by molar-refractivity contribution is 1.07. The second-order valence-corrected chi connectivity index (χ2v) is 13.1. The van der Waals surface area contributed by atoms with E-state index in [1.165, 1.54) is 59.9 Å². The third-order valence-corrected chi connectivity index (χ3v) is 10.5. The van der Waals surface area contributed by atoms with Gasteiger partial charge in [0, 0.05) is 16.3 Å². The molecule has 1 aromatic heterocycles. The minimum Gasteiger partial charge on any atom is -0.305 e. The molecule has 0 fully saturated rings. The first kappa shape index (κ1) is 27.3. The van der Waals surface area contributed by atoms with Crippen LogP contribution < -0.4 is 4.90 Å². The molecule has 11 rings (SSSR count). The molecule has 0 aliphatic carbocycles. The van der Waals surface area contributed by atoms with Crippen molar-refractivity contribution in [2.75, 3.05) is 4.90 Å². The van der Waals surface area contributed by atoms with Gasteiger partial charge >= 0.3 is 0 Å². The lowest BCUT2D eigenvalue weighted by Crippen LogP contribution is -2.19. The molecule has 10 aromatic rings. The number of hydrogen-bond acceptors (Lipinski definition) is 2.